The summed E-state index contributed by atoms with van der Waals surface area (Å²) in [4.78, 5) is 11.4. The van der Waals surface area contributed by atoms with Crippen LogP contribution in [0.3, 0.4) is 0 Å². The molecule has 0 radical (unpaired) electrons. The number of carbonyl (C=O) groups excluding carboxylic acids is 1. The number of hydrogen-bond donors (Lipinski definition) is 1. The van der Waals surface area contributed by atoms with E-state index in [1.807, 2.05) is 6.07 Å². The summed E-state index contributed by atoms with van der Waals surface area (Å²) in [5, 5.41) is 11.4. The van der Waals surface area contributed by atoms with Crippen LogP contribution in [0, 0.1) is 16.7 Å². The van der Waals surface area contributed by atoms with Crippen LogP contribution in [-0.2, 0) is 9.53 Å². The Hall–Kier alpha value is -1.08. The Morgan fingerprint density at radius 3 is 2.67 bits per heavy atom. The van der Waals surface area contributed by atoms with Crippen LogP contribution in [0.15, 0.2) is 0 Å². The predicted octanol–water partition coefficient (Wildman–Crippen LogP) is 1.47. The van der Waals surface area contributed by atoms with Crippen molar-refractivity contribution in [1.29, 1.82) is 5.26 Å². The molecule has 0 rings (SSSR count). The average molecular weight is 212 g/mol. The Bertz CT molecular complexity index is 231. The molecular formula is C11H20N2O2. The molecule has 0 unspecified atom stereocenters. The second kappa shape index (κ2) is 7.24. The first-order valence-electron chi connectivity index (χ1n) is 5.32. The number of unbranched alkanes of at least 4 members (excludes halogenated alkanes) is 1. The quantitative estimate of drug-likeness (QED) is 0.650. The third-order valence-corrected chi connectivity index (χ3v) is 2.02. The minimum absolute atomic E-state index is 0.246. The van der Waals surface area contributed by atoms with Crippen LogP contribution in [0.4, 0.5) is 0 Å². The van der Waals surface area contributed by atoms with Crippen molar-refractivity contribution in [2.24, 2.45) is 5.41 Å². The van der Waals surface area contributed by atoms with Crippen LogP contribution >= 0.6 is 0 Å². The van der Waals surface area contributed by atoms with Crippen molar-refractivity contribution < 1.29 is 9.53 Å². The molecule has 1 N–H and O–H groups in total. The van der Waals surface area contributed by atoms with Gasteiger partial charge < -0.3 is 10.1 Å². The lowest BCUT2D eigenvalue weighted by molar-refractivity contribution is -0.127. The van der Waals surface area contributed by atoms with Gasteiger partial charge in [-0.1, -0.05) is 13.3 Å². The van der Waals surface area contributed by atoms with Gasteiger partial charge in [0.15, 0.2) is 0 Å². The van der Waals surface area contributed by atoms with Crippen LogP contribution in [0.5, 0.6) is 0 Å². The third kappa shape index (κ3) is 6.08. The lowest BCUT2D eigenvalue weighted by atomic mass is 9.95. The molecule has 86 valence electrons. The number of hydrogen-bond acceptors (Lipinski definition) is 3. The summed E-state index contributed by atoms with van der Waals surface area (Å²) < 4.78 is 5.27. The monoisotopic (exact) mass is 212 g/mol. The zero-order valence-electron chi connectivity index (χ0n) is 9.80. The molecule has 0 aromatic carbocycles. The summed E-state index contributed by atoms with van der Waals surface area (Å²) in [5.41, 5.74) is -0.955. The van der Waals surface area contributed by atoms with Crippen LogP contribution in [-0.4, -0.2) is 25.7 Å². The zero-order valence-corrected chi connectivity index (χ0v) is 9.80. The Morgan fingerprint density at radius 1 is 1.47 bits per heavy atom. The van der Waals surface area contributed by atoms with Crippen molar-refractivity contribution in [1.82, 2.24) is 5.32 Å². The second-order valence-electron chi connectivity index (χ2n) is 3.96. The first-order chi connectivity index (χ1) is 7.04. The van der Waals surface area contributed by atoms with Crippen LogP contribution in [0.25, 0.3) is 0 Å². The standard InChI is InChI=1S/C11H20N2O2/c1-4-5-7-15-8-6-13-10(14)11(2,3)9-12/h4-8H2,1-3H3,(H,13,14). The van der Waals surface area contributed by atoms with Crippen molar-refractivity contribution in [2.45, 2.75) is 33.6 Å². The van der Waals surface area contributed by atoms with E-state index in [4.69, 9.17) is 10.00 Å². The maximum atomic E-state index is 11.4. The van der Waals surface area contributed by atoms with E-state index in [1.54, 1.807) is 13.8 Å². The van der Waals surface area contributed by atoms with Gasteiger partial charge in [0.1, 0.15) is 5.41 Å². The number of nitrogens with one attached hydrogen (secondary N) is 1. The van der Waals surface area contributed by atoms with Gasteiger partial charge in [0, 0.05) is 13.2 Å². The molecule has 4 heteroatoms. The summed E-state index contributed by atoms with van der Waals surface area (Å²) in [5.74, 6) is -0.246. The fourth-order valence-electron chi connectivity index (χ4n) is 0.857. The van der Waals surface area contributed by atoms with E-state index in [9.17, 15) is 4.79 Å². The van der Waals surface area contributed by atoms with E-state index in [0.717, 1.165) is 19.4 Å². The maximum absolute atomic E-state index is 11.4. The number of rotatable bonds is 7. The van der Waals surface area contributed by atoms with Gasteiger partial charge in [-0.2, -0.15) is 5.26 Å². The maximum Gasteiger partial charge on any atom is 0.239 e. The largest absolute Gasteiger partial charge is 0.380 e. The van der Waals surface area contributed by atoms with Crippen molar-refractivity contribution in [3.63, 3.8) is 0 Å². The molecule has 0 saturated carbocycles. The van der Waals surface area contributed by atoms with Crippen molar-refractivity contribution in [3.05, 3.63) is 0 Å². The highest BCUT2D eigenvalue weighted by Crippen LogP contribution is 2.12. The Kier molecular flexibility index (Phi) is 6.72. The van der Waals surface area contributed by atoms with Crippen LogP contribution in [0.1, 0.15) is 33.6 Å². The zero-order chi connectivity index (χ0) is 11.7. The van der Waals surface area contributed by atoms with Gasteiger partial charge in [-0.25, -0.2) is 0 Å². The predicted molar refractivity (Wildman–Crippen MR) is 58.1 cm³/mol. The van der Waals surface area contributed by atoms with Crippen LogP contribution < -0.4 is 5.32 Å². The number of ether oxygens (including phenoxy) is 1. The summed E-state index contributed by atoms with van der Waals surface area (Å²) in [6.07, 6.45) is 2.14. The van der Waals surface area contributed by atoms with Crippen LogP contribution in [0.2, 0.25) is 0 Å². The minimum atomic E-state index is -0.955. The SMILES string of the molecule is CCCCOCCNC(=O)C(C)(C)C#N. The van der Waals surface area contributed by atoms with E-state index in [0.29, 0.717) is 13.2 Å². The van der Waals surface area contributed by atoms with Gasteiger partial charge in [0.05, 0.1) is 12.7 Å². The number of nitrogens with zero attached hydrogens (tertiary/aromatic N) is 1. The van der Waals surface area contributed by atoms with Gasteiger partial charge in [-0.05, 0) is 20.3 Å². The molecule has 0 fully saturated rings. The fourth-order valence-corrected chi connectivity index (χ4v) is 0.857. The van der Waals surface area contributed by atoms with Gasteiger partial charge in [0.2, 0.25) is 5.91 Å². The van der Waals surface area contributed by atoms with E-state index < -0.39 is 5.41 Å². The summed E-state index contributed by atoms with van der Waals surface area (Å²) in [7, 11) is 0. The van der Waals surface area contributed by atoms with Crippen molar-refractivity contribution in [2.75, 3.05) is 19.8 Å². The average Bonchev–Trinajstić information content (AvgIpc) is 2.22. The fraction of sp³-hybridized carbons (Fsp3) is 0.818. The minimum Gasteiger partial charge on any atom is -0.380 e. The highest BCUT2D eigenvalue weighted by molar-refractivity contribution is 5.84. The molecular weight excluding hydrogens is 192 g/mol. The molecule has 4 nitrogen and oxygen atoms in total. The lowest BCUT2D eigenvalue weighted by Gasteiger charge is -2.14. The van der Waals surface area contributed by atoms with E-state index in [-0.39, 0.29) is 5.91 Å². The topological polar surface area (TPSA) is 62.1 Å². The van der Waals surface area contributed by atoms with Gasteiger partial charge >= 0.3 is 0 Å². The molecule has 0 atom stereocenters. The Labute approximate surface area is 91.6 Å². The number of nitriles is 1. The van der Waals surface area contributed by atoms with Crippen molar-refractivity contribution >= 4 is 5.91 Å². The Balaban J connectivity index is 3.53. The first kappa shape index (κ1) is 13.9. The second-order valence-corrected chi connectivity index (χ2v) is 3.96. The third-order valence-electron chi connectivity index (χ3n) is 2.02. The lowest BCUT2D eigenvalue weighted by Crippen LogP contribution is -2.37. The normalized spacial score (nSPS) is 10.8. The molecule has 15 heavy (non-hydrogen) atoms. The van der Waals surface area contributed by atoms with Gasteiger partial charge in [0.25, 0.3) is 0 Å². The van der Waals surface area contributed by atoms with E-state index >= 15 is 0 Å². The summed E-state index contributed by atoms with van der Waals surface area (Å²) in [6, 6.07) is 1.95. The molecule has 0 aliphatic heterocycles. The van der Waals surface area contributed by atoms with Gasteiger partial charge in [-0.3, -0.25) is 4.79 Å². The molecule has 1 amide bonds. The molecule has 0 spiro atoms. The van der Waals surface area contributed by atoms with Gasteiger partial charge in [-0.15, -0.1) is 0 Å². The van der Waals surface area contributed by atoms with E-state index in [2.05, 4.69) is 12.2 Å². The highest BCUT2D eigenvalue weighted by Gasteiger charge is 2.26. The number of amides is 1. The summed E-state index contributed by atoms with van der Waals surface area (Å²) >= 11 is 0. The molecule has 0 bridgehead atoms. The molecule has 0 heterocycles. The summed E-state index contributed by atoms with van der Waals surface area (Å²) in [6.45, 7) is 7.00. The van der Waals surface area contributed by atoms with E-state index in [1.165, 1.54) is 0 Å². The number of carbonyl (C=O) groups is 1. The highest BCUT2D eigenvalue weighted by atomic mass is 16.5. The van der Waals surface area contributed by atoms with Crippen molar-refractivity contribution in [3.8, 4) is 6.07 Å². The Morgan fingerprint density at radius 2 is 2.13 bits per heavy atom. The molecule has 0 saturated heterocycles. The molecule has 0 aromatic rings. The molecule has 0 aromatic heterocycles. The molecule has 0 aliphatic rings. The smallest absolute Gasteiger partial charge is 0.239 e. The molecule has 0 aliphatic carbocycles. The first-order valence-corrected chi connectivity index (χ1v) is 5.32.